The van der Waals surface area contributed by atoms with E-state index in [2.05, 4.69) is 31.6 Å². The molecule has 0 saturated carbocycles. The molecule has 2 rings (SSSR count). The summed E-state index contributed by atoms with van der Waals surface area (Å²) < 4.78 is 5.64. The van der Waals surface area contributed by atoms with Crippen LogP contribution in [0.25, 0.3) is 10.2 Å². The lowest BCUT2D eigenvalue weighted by atomic mass is 10.2. The first-order valence-corrected chi connectivity index (χ1v) is 4.70. The van der Waals surface area contributed by atoms with Crippen LogP contribution in [-0.4, -0.2) is 9.59 Å². The van der Waals surface area contributed by atoms with E-state index >= 15 is 0 Å². The zero-order valence-corrected chi connectivity index (χ0v) is 8.19. The van der Waals surface area contributed by atoms with Gasteiger partial charge in [-0.05, 0) is 39.6 Å². The Morgan fingerprint density at radius 2 is 2.33 bits per heavy atom. The van der Waals surface area contributed by atoms with Crippen LogP contribution in [0.3, 0.4) is 0 Å². The van der Waals surface area contributed by atoms with Crippen LogP contribution in [0.1, 0.15) is 5.56 Å². The molecule has 1 aromatic carbocycles. The molecule has 0 aliphatic carbocycles. The molecule has 0 saturated heterocycles. The van der Waals surface area contributed by atoms with Crippen LogP contribution >= 0.6 is 27.5 Å². The lowest BCUT2D eigenvalue weighted by molar-refractivity contribution is 1.19. The highest BCUT2D eigenvalue weighted by Gasteiger charge is 2.07. The van der Waals surface area contributed by atoms with Crippen LogP contribution in [0, 0.1) is 11.3 Å². The molecular weight excluding hydrogens is 238 g/mol. The van der Waals surface area contributed by atoms with E-state index in [1.54, 1.807) is 6.07 Å². The van der Waals surface area contributed by atoms with Crippen molar-refractivity contribution >= 4 is 37.7 Å². The van der Waals surface area contributed by atoms with E-state index in [0.717, 1.165) is 9.17 Å². The highest BCUT2D eigenvalue weighted by atomic mass is 79.9. The summed E-state index contributed by atoms with van der Waals surface area (Å²) in [6.07, 6.45) is 0. The Labute approximate surface area is 80.9 Å². The third-order valence-electron chi connectivity index (χ3n) is 1.48. The fourth-order valence-electron chi connectivity index (χ4n) is 0.925. The number of aromatic nitrogens is 2. The first kappa shape index (κ1) is 7.65. The number of benzene rings is 1. The Morgan fingerprint density at radius 3 is 3.08 bits per heavy atom. The van der Waals surface area contributed by atoms with E-state index in [9.17, 15) is 0 Å². The number of fused-ring (bicyclic) bond motifs is 1. The van der Waals surface area contributed by atoms with Gasteiger partial charge in [0, 0.05) is 4.47 Å². The van der Waals surface area contributed by atoms with Gasteiger partial charge in [0.25, 0.3) is 0 Å². The molecule has 0 bridgehead atoms. The molecular formula is C7H2BrN3S. The van der Waals surface area contributed by atoms with Crippen LogP contribution in [-0.2, 0) is 0 Å². The number of hydrogen-bond donors (Lipinski definition) is 0. The lowest BCUT2D eigenvalue weighted by Gasteiger charge is -1.91. The number of rotatable bonds is 0. The van der Waals surface area contributed by atoms with Crippen molar-refractivity contribution in [1.82, 2.24) is 9.59 Å². The van der Waals surface area contributed by atoms with Crippen molar-refractivity contribution in [2.75, 3.05) is 0 Å². The van der Waals surface area contributed by atoms with Crippen molar-refractivity contribution in [3.63, 3.8) is 0 Å². The molecule has 0 aliphatic rings. The van der Waals surface area contributed by atoms with Crippen LogP contribution in [0.15, 0.2) is 16.6 Å². The summed E-state index contributed by atoms with van der Waals surface area (Å²) in [5, 5.41) is 12.6. The van der Waals surface area contributed by atoms with Crippen molar-refractivity contribution in [3.05, 3.63) is 22.2 Å². The molecule has 12 heavy (non-hydrogen) atoms. The van der Waals surface area contributed by atoms with E-state index < -0.39 is 0 Å². The molecule has 0 amide bonds. The Balaban J connectivity index is 2.94. The fraction of sp³-hybridized carbons (Fsp3) is 0. The first-order valence-electron chi connectivity index (χ1n) is 3.13. The molecule has 0 spiro atoms. The van der Waals surface area contributed by atoms with Gasteiger partial charge in [0.05, 0.1) is 10.3 Å². The summed E-state index contributed by atoms with van der Waals surface area (Å²) in [7, 11) is 0. The van der Waals surface area contributed by atoms with Crippen LogP contribution in [0.5, 0.6) is 0 Å². The Kier molecular flexibility index (Phi) is 1.79. The van der Waals surface area contributed by atoms with E-state index in [-0.39, 0.29) is 0 Å². The van der Waals surface area contributed by atoms with Gasteiger partial charge in [0.2, 0.25) is 0 Å². The minimum Gasteiger partial charge on any atom is -0.192 e. The normalized spacial score (nSPS) is 10.0. The Morgan fingerprint density at radius 1 is 1.50 bits per heavy atom. The standard InChI is InChI=1S/C7H2BrN3S/c8-5-2-1-4(3-9)6-7(5)12-11-10-6/h1-2H. The summed E-state index contributed by atoms with van der Waals surface area (Å²) in [4.78, 5) is 0. The summed E-state index contributed by atoms with van der Waals surface area (Å²) in [5.74, 6) is 0. The summed E-state index contributed by atoms with van der Waals surface area (Å²) >= 11 is 4.64. The van der Waals surface area contributed by atoms with Gasteiger partial charge in [-0.25, -0.2) is 0 Å². The molecule has 0 N–H and O–H groups in total. The third-order valence-corrected chi connectivity index (χ3v) is 3.16. The molecule has 0 atom stereocenters. The minimum atomic E-state index is 0.571. The van der Waals surface area contributed by atoms with Crippen LogP contribution in [0.2, 0.25) is 0 Å². The molecule has 1 heterocycles. The molecule has 3 nitrogen and oxygen atoms in total. The van der Waals surface area contributed by atoms with Gasteiger partial charge in [-0.2, -0.15) is 5.26 Å². The van der Waals surface area contributed by atoms with Crippen molar-refractivity contribution in [2.45, 2.75) is 0 Å². The van der Waals surface area contributed by atoms with Gasteiger partial charge in [-0.1, -0.05) is 4.49 Å². The fourth-order valence-corrected chi connectivity index (χ4v) is 2.06. The number of hydrogen-bond acceptors (Lipinski definition) is 4. The topological polar surface area (TPSA) is 49.6 Å². The highest BCUT2D eigenvalue weighted by molar-refractivity contribution is 9.10. The number of nitriles is 1. The summed E-state index contributed by atoms with van der Waals surface area (Å²) in [6.45, 7) is 0. The van der Waals surface area contributed by atoms with Crippen molar-refractivity contribution in [1.29, 1.82) is 5.26 Å². The van der Waals surface area contributed by atoms with E-state index in [1.807, 2.05) is 6.07 Å². The van der Waals surface area contributed by atoms with E-state index in [1.165, 1.54) is 11.5 Å². The maximum Gasteiger partial charge on any atom is 0.124 e. The number of halogens is 1. The second kappa shape index (κ2) is 2.81. The zero-order chi connectivity index (χ0) is 8.55. The average Bonchev–Trinajstić information content (AvgIpc) is 2.54. The average molecular weight is 240 g/mol. The largest absolute Gasteiger partial charge is 0.192 e. The van der Waals surface area contributed by atoms with E-state index in [4.69, 9.17) is 5.26 Å². The molecule has 2 aromatic rings. The molecule has 1 aromatic heterocycles. The first-order chi connectivity index (χ1) is 5.83. The molecule has 0 aliphatic heterocycles. The Hall–Kier alpha value is -0.990. The van der Waals surface area contributed by atoms with Gasteiger partial charge in [0.1, 0.15) is 11.6 Å². The van der Waals surface area contributed by atoms with Gasteiger partial charge in [-0.3, -0.25) is 0 Å². The number of nitrogens with zero attached hydrogens (tertiary/aromatic N) is 3. The predicted octanol–water partition coefficient (Wildman–Crippen LogP) is 2.33. The quantitative estimate of drug-likeness (QED) is 0.709. The van der Waals surface area contributed by atoms with Crippen LogP contribution in [0.4, 0.5) is 0 Å². The Bertz CT molecular complexity index is 471. The maximum atomic E-state index is 8.72. The van der Waals surface area contributed by atoms with Crippen LogP contribution < -0.4 is 0 Å². The van der Waals surface area contributed by atoms with E-state index in [0.29, 0.717) is 11.1 Å². The van der Waals surface area contributed by atoms with Crippen molar-refractivity contribution < 1.29 is 0 Å². The van der Waals surface area contributed by atoms with Crippen molar-refractivity contribution in [3.8, 4) is 6.07 Å². The lowest BCUT2D eigenvalue weighted by Crippen LogP contribution is -1.78. The monoisotopic (exact) mass is 239 g/mol. The third kappa shape index (κ3) is 1.00. The molecule has 5 heteroatoms. The van der Waals surface area contributed by atoms with Gasteiger partial charge < -0.3 is 0 Å². The molecule has 0 radical (unpaired) electrons. The van der Waals surface area contributed by atoms with Crippen molar-refractivity contribution in [2.24, 2.45) is 0 Å². The van der Waals surface area contributed by atoms with Gasteiger partial charge >= 0.3 is 0 Å². The summed E-state index contributed by atoms with van der Waals surface area (Å²) in [5.41, 5.74) is 1.25. The molecule has 58 valence electrons. The smallest absolute Gasteiger partial charge is 0.124 e. The maximum absolute atomic E-state index is 8.72. The second-order valence-electron chi connectivity index (χ2n) is 2.16. The zero-order valence-electron chi connectivity index (χ0n) is 5.78. The SMILES string of the molecule is N#Cc1ccc(Br)c2snnc12. The minimum absolute atomic E-state index is 0.571. The second-order valence-corrected chi connectivity index (χ2v) is 3.77. The molecule has 0 fully saturated rings. The molecule has 0 unspecified atom stereocenters. The predicted molar refractivity (Wildman–Crippen MR) is 49.8 cm³/mol. The van der Waals surface area contributed by atoms with Gasteiger partial charge in [0.15, 0.2) is 0 Å². The van der Waals surface area contributed by atoms with Gasteiger partial charge in [-0.15, -0.1) is 5.10 Å². The summed E-state index contributed by atoms with van der Waals surface area (Å²) in [6, 6.07) is 5.63. The highest BCUT2D eigenvalue weighted by Crippen LogP contribution is 2.27.